The minimum Gasteiger partial charge on any atom is -0.325 e. The maximum absolute atomic E-state index is 11.8. The number of hydrogen-bond acceptors (Lipinski definition) is 2. The largest absolute Gasteiger partial charge is 0.325 e. The average molecular weight is 256 g/mol. The number of hydrogen-bond donors (Lipinski definition) is 1. The Morgan fingerprint density at radius 3 is 2.84 bits per heavy atom. The molecule has 0 aromatic heterocycles. The average Bonchev–Trinajstić information content (AvgIpc) is 2.25. The number of fused-ring (bicyclic) bond motifs is 1. The van der Waals surface area contributed by atoms with E-state index in [1.165, 1.54) is 0 Å². The third-order valence-corrected chi connectivity index (χ3v) is 3.91. The van der Waals surface area contributed by atoms with Crippen LogP contribution in [0.15, 0.2) is 40.6 Å². The summed E-state index contributed by atoms with van der Waals surface area (Å²) in [6.45, 7) is 1.93. The zero-order chi connectivity index (χ0) is 13.4. The van der Waals surface area contributed by atoms with Crippen LogP contribution in [-0.2, 0) is 9.59 Å². The van der Waals surface area contributed by atoms with Gasteiger partial charge < -0.3 is 5.32 Å². The molecule has 1 aliphatic heterocycles. The molecule has 1 unspecified atom stereocenters. The molecule has 1 heterocycles. The van der Waals surface area contributed by atoms with Gasteiger partial charge in [-0.3, -0.25) is 9.59 Å². The monoisotopic (exact) mass is 256 g/mol. The first-order chi connectivity index (χ1) is 9.13. The standard InChI is InChI=1S/C15H16N2O2/c1-9-7-14(18)17-13-8-11(5-6-12(9)13)16-15(19)10-3-2-4-10/h5-8,10,12H,2-4H2,1H3,(H,17,18). The predicted molar refractivity (Wildman–Crippen MR) is 72.4 cm³/mol. The number of allylic oxidation sites excluding steroid dienone is 3. The second kappa shape index (κ2) is 4.61. The van der Waals surface area contributed by atoms with Crippen LogP contribution in [0, 0.1) is 11.8 Å². The first-order valence-corrected chi connectivity index (χ1v) is 6.65. The number of carbonyl (C=O) groups excluding carboxylic acids is 2. The molecule has 0 spiro atoms. The van der Waals surface area contributed by atoms with Crippen molar-refractivity contribution in [2.75, 3.05) is 0 Å². The smallest absolute Gasteiger partial charge is 0.249 e. The van der Waals surface area contributed by atoms with Crippen LogP contribution in [-0.4, -0.2) is 17.5 Å². The van der Waals surface area contributed by atoms with Crippen molar-refractivity contribution in [2.24, 2.45) is 16.8 Å². The number of nitrogens with one attached hydrogen (secondary N) is 1. The minimum absolute atomic E-state index is 0.0319. The van der Waals surface area contributed by atoms with Crippen molar-refractivity contribution < 1.29 is 9.59 Å². The first kappa shape index (κ1) is 12.1. The van der Waals surface area contributed by atoms with E-state index < -0.39 is 0 Å². The second-order valence-electron chi connectivity index (χ2n) is 5.32. The van der Waals surface area contributed by atoms with Crippen molar-refractivity contribution in [1.29, 1.82) is 0 Å². The molecule has 19 heavy (non-hydrogen) atoms. The Balaban J connectivity index is 1.82. The summed E-state index contributed by atoms with van der Waals surface area (Å²) in [6, 6.07) is 0. The molecule has 1 atom stereocenters. The van der Waals surface area contributed by atoms with Gasteiger partial charge in [-0.25, -0.2) is 4.99 Å². The Hall–Kier alpha value is -1.97. The number of carbonyl (C=O) groups is 2. The van der Waals surface area contributed by atoms with Crippen LogP contribution < -0.4 is 5.32 Å². The highest BCUT2D eigenvalue weighted by atomic mass is 16.2. The van der Waals surface area contributed by atoms with Crippen molar-refractivity contribution in [1.82, 2.24) is 5.32 Å². The third-order valence-electron chi connectivity index (χ3n) is 3.91. The Labute approximate surface area is 112 Å². The summed E-state index contributed by atoms with van der Waals surface area (Å²) in [5, 5.41) is 2.81. The Morgan fingerprint density at radius 1 is 1.37 bits per heavy atom. The van der Waals surface area contributed by atoms with Crippen molar-refractivity contribution in [2.45, 2.75) is 26.2 Å². The Morgan fingerprint density at radius 2 is 2.16 bits per heavy atom. The van der Waals surface area contributed by atoms with Gasteiger partial charge in [-0.1, -0.05) is 18.1 Å². The third kappa shape index (κ3) is 2.30. The van der Waals surface area contributed by atoms with E-state index in [-0.39, 0.29) is 23.7 Å². The van der Waals surface area contributed by atoms with Gasteiger partial charge in [-0.05, 0) is 31.9 Å². The molecule has 2 aliphatic carbocycles. The number of amides is 2. The molecule has 0 aromatic carbocycles. The van der Waals surface area contributed by atoms with Crippen LogP contribution in [0.3, 0.4) is 0 Å². The predicted octanol–water partition coefficient (Wildman–Crippen LogP) is 1.90. The topological polar surface area (TPSA) is 58.5 Å². The fourth-order valence-corrected chi connectivity index (χ4v) is 2.52. The SMILES string of the molecule is CC1=CC(=O)NC2=CC(=NC(=O)C3CCC3)C=CC12. The van der Waals surface area contributed by atoms with E-state index in [0.717, 1.165) is 30.5 Å². The lowest BCUT2D eigenvalue weighted by atomic mass is 9.85. The summed E-state index contributed by atoms with van der Waals surface area (Å²) in [5.41, 5.74) is 2.46. The van der Waals surface area contributed by atoms with Gasteiger partial charge in [0.2, 0.25) is 11.8 Å². The van der Waals surface area contributed by atoms with Gasteiger partial charge in [0.25, 0.3) is 0 Å². The first-order valence-electron chi connectivity index (χ1n) is 6.65. The summed E-state index contributed by atoms with van der Waals surface area (Å²) < 4.78 is 0. The van der Waals surface area contributed by atoms with Crippen molar-refractivity contribution in [3.63, 3.8) is 0 Å². The summed E-state index contributed by atoms with van der Waals surface area (Å²) in [4.78, 5) is 27.4. The molecule has 0 aromatic rings. The van der Waals surface area contributed by atoms with Crippen molar-refractivity contribution in [3.05, 3.63) is 35.6 Å². The molecule has 1 saturated carbocycles. The minimum atomic E-state index is -0.111. The lowest BCUT2D eigenvalue weighted by Crippen LogP contribution is -2.32. The normalized spacial score (nSPS) is 28.2. The fourth-order valence-electron chi connectivity index (χ4n) is 2.52. The highest BCUT2D eigenvalue weighted by molar-refractivity contribution is 6.11. The zero-order valence-corrected chi connectivity index (χ0v) is 10.8. The van der Waals surface area contributed by atoms with Crippen LogP contribution in [0.2, 0.25) is 0 Å². The van der Waals surface area contributed by atoms with Gasteiger partial charge in [-0.2, -0.15) is 0 Å². The van der Waals surface area contributed by atoms with E-state index >= 15 is 0 Å². The van der Waals surface area contributed by atoms with Crippen LogP contribution in [0.4, 0.5) is 0 Å². The van der Waals surface area contributed by atoms with Crippen LogP contribution in [0.5, 0.6) is 0 Å². The lowest BCUT2D eigenvalue weighted by Gasteiger charge is -2.26. The quantitative estimate of drug-likeness (QED) is 0.779. The van der Waals surface area contributed by atoms with Gasteiger partial charge >= 0.3 is 0 Å². The van der Waals surface area contributed by atoms with Crippen molar-refractivity contribution >= 4 is 17.5 Å². The number of rotatable bonds is 1. The van der Waals surface area contributed by atoms with Gasteiger partial charge in [0, 0.05) is 23.6 Å². The maximum atomic E-state index is 11.8. The molecule has 98 valence electrons. The van der Waals surface area contributed by atoms with E-state index in [1.807, 2.05) is 19.1 Å². The summed E-state index contributed by atoms with van der Waals surface area (Å²) in [7, 11) is 0. The summed E-state index contributed by atoms with van der Waals surface area (Å²) in [6.07, 6.45) is 10.3. The molecule has 1 fully saturated rings. The highest BCUT2D eigenvalue weighted by Gasteiger charge is 2.27. The number of aliphatic imine (C=N–C) groups is 1. The second-order valence-corrected chi connectivity index (χ2v) is 5.32. The van der Waals surface area contributed by atoms with Gasteiger partial charge in [-0.15, -0.1) is 0 Å². The van der Waals surface area contributed by atoms with Gasteiger partial charge in [0.1, 0.15) is 0 Å². The Bertz CT molecular complexity index is 563. The summed E-state index contributed by atoms with van der Waals surface area (Å²) >= 11 is 0. The Kier molecular flexibility index (Phi) is 2.93. The fraction of sp³-hybridized carbons (Fsp3) is 0.400. The molecular formula is C15H16N2O2. The van der Waals surface area contributed by atoms with Gasteiger partial charge in [0.05, 0.1) is 5.71 Å². The van der Waals surface area contributed by atoms with E-state index in [0.29, 0.717) is 5.71 Å². The molecular weight excluding hydrogens is 240 g/mol. The van der Waals surface area contributed by atoms with E-state index in [9.17, 15) is 9.59 Å². The molecule has 0 radical (unpaired) electrons. The van der Waals surface area contributed by atoms with E-state index in [1.54, 1.807) is 12.2 Å². The van der Waals surface area contributed by atoms with Crippen molar-refractivity contribution in [3.8, 4) is 0 Å². The molecule has 1 N–H and O–H groups in total. The maximum Gasteiger partial charge on any atom is 0.249 e. The summed E-state index contributed by atoms with van der Waals surface area (Å²) in [5.74, 6) is 0.0747. The van der Waals surface area contributed by atoms with E-state index in [4.69, 9.17) is 0 Å². The molecule has 0 saturated heterocycles. The van der Waals surface area contributed by atoms with Crippen LogP contribution >= 0.6 is 0 Å². The molecule has 3 aliphatic rings. The molecule has 4 nitrogen and oxygen atoms in total. The van der Waals surface area contributed by atoms with Gasteiger partial charge in [0.15, 0.2) is 0 Å². The zero-order valence-electron chi connectivity index (χ0n) is 10.8. The molecule has 2 amide bonds. The molecule has 0 bridgehead atoms. The molecule has 3 rings (SSSR count). The lowest BCUT2D eigenvalue weighted by molar-refractivity contribution is -0.123. The highest BCUT2D eigenvalue weighted by Crippen LogP contribution is 2.29. The van der Waals surface area contributed by atoms with Crippen LogP contribution in [0.1, 0.15) is 26.2 Å². The van der Waals surface area contributed by atoms with Crippen LogP contribution in [0.25, 0.3) is 0 Å². The number of nitrogens with zero attached hydrogens (tertiary/aromatic N) is 1. The molecule has 4 heteroatoms. The van der Waals surface area contributed by atoms with E-state index in [2.05, 4.69) is 10.3 Å².